The number of hydrogen-bond acceptors (Lipinski definition) is 2. The molecule has 1 fully saturated rings. The lowest BCUT2D eigenvalue weighted by molar-refractivity contribution is -0.134. The molecule has 2 aliphatic rings. The van der Waals surface area contributed by atoms with Crippen molar-refractivity contribution in [1.82, 2.24) is 14.7 Å². The zero-order valence-electron chi connectivity index (χ0n) is 13.1. The lowest BCUT2D eigenvalue weighted by atomic mass is 9.93. The predicted molar refractivity (Wildman–Crippen MR) is 82.6 cm³/mol. The number of aryl methyl sites for hydroxylation is 2. The standard InChI is InChI=1S/C17H25N3O/c1-13-10-16(18-19(13)2)12-20(17(21)15-8-9-15)11-14-6-4-3-5-7-14/h3-4,10,14-15H,5-9,11-12H2,1-2H3/t14-/m1/s1. The first-order chi connectivity index (χ1) is 10.1. The summed E-state index contributed by atoms with van der Waals surface area (Å²) in [4.78, 5) is 14.6. The summed E-state index contributed by atoms with van der Waals surface area (Å²) in [7, 11) is 1.96. The van der Waals surface area contributed by atoms with Crippen molar-refractivity contribution in [2.24, 2.45) is 18.9 Å². The number of nitrogens with zero attached hydrogens (tertiary/aromatic N) is 3. The van der Waals surface area contributed by atoms with E-state index in [1.165, 1.54) is 6.42 Å². The van der Waals surface area contributed by atoms with Gasteiger partial charge in [0.05, 0.1) is 12.2 Å². The number of hydrogen-bond donors (Lipinski definition) is 0. The molecular formula is C17H25N3O. The number of aromatic nitrogens is 2. The number of carbonyl (C=O) groups excluding carboxylic acids is 1. The fraction of sp³-hybridized carbons (Fsp3) is 0.647. The highest BCUT2D eigenvalue weighted by molar-refractivity contribution is 5.81. The molecule has 0 saturated heterocycles. The maximum Gasteiger partial charge on any atom is 0.226 e. The van der Waals surface area contributed by atoms with Gasteiger partial charge in [-0.15, -0.1) is 0 Å². The Morgan fingerprint density at radius 3 is 2.76 bits per heavy atom. The Balaban J connectivity index is 1.68. The van der Waals surface area contributed by atoms with Gasteiger partial charge in [0, 0.05) is 25.2 Å². The van der Waals surface area contributed by atoms with Crippen LogP contribution >= 0.6 is 0 Å². The Morgan fingerprint density at radius 2 is 2.19 bits per heavy atom. The first-order valence-corrected chi connectivity index (χ1v) is 8.07. The number of carbonyl (C=O) groups is 1. The minimum absolute atomic E-state index is 0.286. The van der Waals surface area contributed by atoms with Crippen LogP contribution in [0, 0.1) is 18.8 Å². The van der Waals surface area contributed by atoms with Gasteiger partial charge in [-0.05, 0) is 51.0 Å². The number of rotatable bonds is 5. The van der Waals surface area contributed by atoms with Gasteiger partial charge in [0.1, 0.15) is 0 Å². The lowest BCUT2D eigenvalue weighted by Gasteiger charge is -2.28. The Labute approximate surface area is 126 Å². The highest BCUT2D eigenvalue weighted by Gasteiger charge is 2.34. The van der Waals surface area contributed by atoms with Gasteiger partial charge in [0.2, 0.25) is 5.91 Å². The molecule has 21 heavy (non-hydrogen) atoms. The molecule has 1 aromatic heterocycles. The Bertz CT molecular complexity index is 523. The van der Waals surface area contributed by atoms with E-state index in [1.54, 1.807) is 0 Å². The van der Waals surface area contributed by atoms with Gasteiger partial charge in [-0.3, -0.25) is 9.48 Å². The summed E-state index contributed by atoms with van der Waals surface area (Å²) in [6, 6.07) is 2.09. The molecule has 114 valence electrons. The van der Waals surface area contributed by atoms with Crippen molar-refractivity contribution in [3.63, 3.8) is 0 Å². The molecule has 0 aliphatic heterocycles. The summed E-state index contributed by atoms with van der Waals surface area (Å²) in [6.07, 6.45) is 10.1. The zero-order valence-corrected chi connectivity index (χ0v) is 13.1. The Kier molecular flexibility index (Phi) is 4.13. The number of amides is 1. The molecule has 4 heteroatoms. The molecule has 0 aromatic carbocycles. The second-order valence-corrected chi connectivity index (χ2v) is 6.54. The summed E-state index contributed by atoms with van der Waals surface area (Å²) < 4.78 is 1.89. The minimum atomic E-state index is 0.286. The summed E-state index contributed by atoms with van der Waals surface area (Å²) in [6.45, 7) is 3.60. The van der Waals surface area contributed by atoms with Gasteiger partial charge in [0.25, 0.3) is 0 Å². The topological polar surface area (TPSA) is 38.1 Å². The normalized spacial score (nSPS) is 21.5. The van der Waals surface area contributed by atoms with Gasteiger partial charge in [0.15, 0.2) is 0 Å². The van der Waals surface area contributed by atoms with E-state index < -0.39 is 0 Å². The highest BCUT2D eigenvalue weighted by atomic mass is 16.2. The second kappa shape index (κ2) is 6.04. The molecule has 1 heterocycles. The fourth-order valence-corrected chi connectivity index (χ4v) is 3.06. The lowest BCUT2D eigenvalue weighted by Crippen LogP contribution is -2.36. The molecule has 0 radical (unpaired) electrons. The van der Waals surface area contributed by atoms with Crippen molar-refractivity contribution >= 4 is 5.91 Å². The maximum atomic E-state index is 12.5. The molecule has 0 N–H and O–H groups in total. The van der Waals surface area contributed by atoms with Crippen LogP contribution in [-0.4, -0.2) is 27.1 Å². The molecule has 3 rings (SSSR count). The second-order valence-electron chi connectivity index (χ2n) is 6.54. The molecule has 0 unspecified atom stereocenters. The van der Waals surface area contributed by atoms with Crippen LogP contribution in [0.1, 0.15) is 43.5 Å². The number of allylic oxidation sites excluding steroid dienone is 2. The SMILES string of the molecule is Cc1cc(CN(C[C@@H]2CC=CCC2)C(=O)C2CC2)nn1C. The molecule has 1 saturated carbocycles. The first kappa shape index (κ1) is 14.4. The van der Waals surface area contributed by atoms with Crippen molar-refractivity contribution in [1.29, 1.82) is 0 Å². The third-order valence-corrected chi connectivity index (χ3v) is 4.61. The quantitative estimate of drug-likeness (QED) is 0.781. The van der Waals surface area contributed by atoms with Crippen molar-refractivity contribution in [3.8, 4) is 0 Å². The van der Waals surface area contributed by atoms with Crippen LogP contribution in [0.15, 0.2) is 18.2 Å². The van der Waals surface area contributed by atoms with Crippen LogP contribution in [0.2, 0.25) is 0 Å². The molecule has 2 aliphatic carbocycles. The minimum Gasteiger partial charge on any atom is -0.336 e. The molecule has 1 aromatic rings. The van der Waals surface area contributed by atoms with Crippen molar-refractivity contribution in [3.05, 3.63) is 29.6 Å². The van der Waals surface area contributed by atoms with Gasteiger partial charge in [-0.1, -0.05) is 12.2 Å². The molecule has 4 nitrogen and oxygen atoms in total. The summed E-state index contributed by atoms with van der Waals surface area (Å²) in [5.74, 6) is 1.24. The molecule has 0 bridgehead atoms. The predicted octanol–water partition coefficient (Wildman–Crippen LogP) is 2.82. The molecule has 1 amide bonds. The third-order valence-electron chi connectivity index (χ3n) is 4.61. The van der Waals surface area contributed by atoms with Crippen LogP contribution in [0.4, 0.5) is 0 Å². The third kappa shape index (κ3) is 3.55. The van der Waals surface area contributed by atoms with E-state index in [0.29, 0.717) is 18.4 Å². The van der Waals surface area contributed by atoms with E-state index in [-0.39, 0.29) is 5.92 Å². The maximum absolute atomic E-state index is 12.5. The fourth-order valence-electron chi connectivity index (χ4n) is 3.06. The average Bonchev–Trinajstić information content (AvgIpc) is 3.26. The monoisotopic (exact) mass is 287 g/mol. The van der Waals surface area contributed by atoms with Crippen molar-refractivity contribution in [2.45, 2.75) is 45.6 Å². The summed E-state index contributed by atoms with van der Waals surface area (Å²) >= 11 is 0. The smallest absolute Gasteiger partial charge is 0.226 e. The summed E-state index contributed by atoms with van der Waals surface area (Å²) in [5.41, 5.74) is 2.15. The Morgan fingerprint density at radius 1 is 1.38 bits per heavy atom. The molecule has 0 spiro atoms. The van der Waals surface area contributed by atoms with Gasteiger partial charge in [-0.2, -0.15) is 5.10 Å². The van der Waals surface area contributed by atoms with E-state index >= 15 is 0 Å². The average molecular weight is 287 g/mol. The largest absolute Gasteiger partial charge is 0.336 e. The van der Waals surface area contributed by atoms with Gasteiger partial charge >= 0.3 is 0 Å². The van der Waals surface area contributed by atoms with E-state index in [4.69, 9.17) is 0 Å². The van der Waals surface area contributed by atoms with Crippen LogP contribution in [0.25, 0.3) is 0 Å². The molecule has 1 atom stereocenters. The van der Waals surface area contributed by atoms with Crippen molar-refractivity contribution < 1.29 is 4.79 Å². The first-order valence-electron chi connectivity index (χ1n) is 8.07. The summed E-state index contributed by atoms with van der Waals surface area (Å²) in [5, 5.41) is 4.51. The van der Waals surface area contributed by atoms with E-state index in [1.807, 2.05) is 11.7 Å². The van der Waals surface area contributed by atoms with Gasteiger partial charge < -0.3 is 4.90 Å². The Hall–Kier alpha value is -1.58. The highest BCUT2D eigenvalue weighted by Crippen LogP contribution is 2.32. The van der Waals surface area contributed by atoms with Crippen LogP contribution in [0.3, 0.4) is 0 Å². The van der Waals surface area contributed by atoms with Gasteiger partial charge in [-0.25, -0.2) is 0 Å². The van der Waals surface area contributed by atoms with E-state index in [9.17, 15) is 4.79 Å². The molecular weight excluding hydrogens is 262 g/mol. The zero-order chi connectivity index (χ0) is 14.8. The van der Waals surface area contributed by atoms with E-state index in [0.717, 1.165) is 43.6 Å². The van der Waals surface area contributed by atoms with Crippen LogP contribution in [-0.2, 0) is 18.4 Å². The van der Waals surface area contributed by atoms with Crippen LogP contribution < -0.4 is 0 Å². The van der Waals surface area contributed by atoms with Crippen molar-refractivity contribution in [2.75, 3.05) is 6.54 Å². The van der Waals surface area contributed by atoms with E-state index in [2.05, 4.69) is 35.1 Å². The van der Waals surface area contributed by atoms with Crippen LogP contribution in [0.5, 0.6) is 0 Å².